The van der Waals surface area contributed by atoms with Gasteiger partial charge in [-0.15, -0.1) is 0 Å². The molecular weight excluding hydrogens is 368 g/mol. The predicted molar refractivity (Wildman–Crippen MR) is 99.6 cm³/mol. The van der Waals surface area contributed by atoms with Crippen molar-refractivity contribution in [1.82, 2.24) is 9.21 Å². The van der Waals surface area contributed by atoms with Gasteiger partial charge in [-0.3, -0.25) is 8.98 Å². The summed E-state index contributed by atoms with van der Waals surface area (Å²) < 4.78 is 37.9. The normalized spacial score (nSPS) is 28.1. The fourth-order valence-corrected chi connectivity index (χ4v) is 6.41. The summed E-state index contributed by atoms with van der Waals surface area (Å²) in [5.41, 5.74) is 2.14. The zero-order valence-electron chi connectivity index (χ0n) is 15.9. The van der Waals surface area contributed by atoms with E-state index in [2.05, 4.69) is 0 Å². The number of benzene rings is 1. The third-order valence-corrected chi connectivity index (χ3v) is 7.41. The standard InChI is InChI=1S/C19H26N2O5S/c1-12(2)26-27(23,24)21-16-5-4-6-17(21)19(22)20-10-9-13-11-14(25-3)7-8-15(13)18(16)20/h7-8,11-12,16-18H,4-6,9-10H2,1-3H3. The molecule has 3 heterocycles. The van der Waals surface area contributed by atoms with E-state index in [-0.39, 0.29) is 18.0 Å². The Hall–Kier alpha value is -1.64. The Morgan fingerprint density at radius 2 is 2.00 bits per heavy atom. The first-order valence-electron chi connectivity index (χ1n) is 9.52. The second-order valence-corrected chi connectivity index (χ2v) is 9.21. The molecule has 0 N–H and O–H groups in total. The Morgan fingerprint density at radius 3 is 2.70 bits per heavy atom. The van der Waals surface area contributed by atoms with Gasteiger partial charge in [0.2, 0.25) is 5.91 Å². The molecule has 3 unspecified atom stereocenters. The van der Waals surface area contributed by atoms with E-state index in [0.717, 1.165) is 36.1 Å². The highest BCUT2D eigenvalue weighted by molar-refractivity contribution is 7.84. The first-order chi connectivity index (χ1) is 12.8. The lowest BCUT2D eigenvalue weighted by Crippen LogP contribution is -2.67. The molecule has 2 fully saturated rings. The number of ether oxygens (including phenoxy) is 1. The molecular formula is C19H26N2O5S. The molecule has 8 heteroatoms. The van der Waals surface area contributed by atoms with E-state index in [1.807, 2.05) is 23.1 Å². The van der Waals surface area contributed by atoms with E-state index in [0.29, 0.717) is 13.0 Å². The highest BCUT2D eigenvalue weighted by Gasteiger charge is 2.55. The van der Waals surface area contributed by atoms with Crippen LogP contribution in [0.2, 0.25) is 0 Å². The smallest absolute Gasteiger partial charge is 0.339 e. The molecule has 3 aliphatic heterocycles. The summed E-state index contributed by atoms with van der Waals surface area (Å²) >= 11 is 0. The number of methoxy groups -OCH3 is 1. The molecule has 0 saturated carbocycles. The minimum absolute atomic E-state index is 0.103. The van der Waals surface area contributed by atoms with Crippen LogP contribution in [-0.2, 0) is 25.7 Å². The van der Waals surface area contributed by atoms with Gasteiger partial charge in [-0.05, 0) is 62.8 Å². The first kappa shape index (κ1) is 18.7. The van der Waals surface area contributed by atoms with Gasteiger partial charge in [0.25, 0.3) is 0 Å². The van der Waals surface area contributed by atoms with E-state index in [4.69, 9.17) is 8.92 Å². The van der Waals surface area contributed by atoms with E-state index in [1.54, 1.807) is 21.0 Å². The quantitative estimate of drug-likeness (QED) is 0.781. The topological polar surface area (TPSA) is 76.2 Å². The van der Waals surface area contributed by atoms with Crippen LogP contribution in [0.5, 0.6) is 5.75 Å². The van der Waals surface area contributed by atoms with E-state index in [1.165, 1.54) is 4.31 Å². The van der Waals surface area contributed by atoms with Crippen LogP contribution < -0.4 is 4.74 Å². The third kappa shape index (κ3) is 3.03. The van der Waals surface area contributed by atoms with Crippen LogP contribution in [0.3, 0.4) is 0 Å². The van der Waals surface area contributed by atoms with Crippen molar-refractivity contribution in [3.05, 3.63) is 29.3 Å². The lowest BCUT2D eigenvalue weighted by molar-refractivity contribution is -0.150. The van der Waals surface area contributed by atoms with Crippen molar-refractivity contribution in [1.29, 1.82) is 0 Å². The molecule has 7 nitrogen and oxygen atoms in total. The number of amides is 1. The Morgan fingerprint density at radius 1 is 1.22 bits per heavy atom. The van der Waals surface area contributed by atoms with Crippen LogP contribution in [0, 0.1) is 0 Å². The largest absolute Gasteiger partial charge is 0.497 e. The molecule has 0 aliphatic carbocycles. The van der Waals surface area contributed by atoms with Crippen LogP contribution >= 0.6 is 0 Å². The van der Waals surface area contributed by atoms with Crippen LogP contribution in [-0.4, -0.2) is 55.4 Å². The molecule has 0 spiro atoms. The summed E-state index contributed by atoms with van der Waals surface area (Å²) in [5, 5.41) is 0. The second kappa shape index (κ2) is 6.76. The fourth-order valence-electron chi connectivity index (χ4n) is 4.77. The number of piperidine rings is 1. The number of rotatable bonds is 4. The van der Waals surface area contributed by atoms with Gasteiger partial charge in [0.15, 0.2) is 0 Å². The van der Waals surface area contributed by atoms with Crippen LogP contribution in [0.4, 0.5) is 0 Å². The van der Waals surface area contributed by atoms with Gasteiger partial charge in [0, 0.05) is 6.54 Å². The zero-order chi connectivity index (χ0) is 19.3. The van der Waals surface area contributed by atoms with E-state index < -0.39 is 22.4 Å². The van der Waals surface area contributed by atoms with Gasteiger partial charge in [0.1, 0.15) is 11.8 Å². The number of hydrogen-bond donors (Lipinski definition) is 0. The van der Waals surface area contributed by atoms with Gasteiger partial charge < -0.3 is 9.64 Å². The molecule has 4 rings (SSSR count). The van der Waals surface area contributed by atoms with Crippen LogP contribution in [0.15, 0.2) is 18.2 Å². The maximum atomic E-state index is 13.2. The molecule has 0 radical (unpaired) electrons. The van der Waals surface area contributed by atoms with Crippen LogP contribution in [0.25, 0.3) is 0 Å². The average Bonchev–Trinajstić information content (AvgIpc) is 2.63. The number of nitrogens with zero attached hydrogens (tertiary/aromatic N) is 2. The van der Waals surface area contributed by atoms with E-state index >= 15 is 0 Å². The summed E-state index contributed by atoms with van der Waals surface area (Å²) in [4.78, 5) is 15.1. The fraction of sp³-hybridized carbons (Fsp3) is 0.632. The highest BCUT2D eigenvalue weighted by Crippen LogP contribution is 2.46. The van der Waals surface area contributed by atoms with Gasteiger partial charge in [-0.2, -0.15) is 12.7 Å². The molecule has 2 bridgehead atoms. The Labute approximate surface area is 160 Å². The highest BCUT2D eigenvalue weighted by atomic mass is 32.2. The van der Waals surface area contributed by atoms with E-state index in [9.17, 15) is 13.2 Å². The van der Waals surface area contributed by atoms with Crippen molar-refractivity contribution in [2.24, 2.45) is 0 Å². The lowest BCUT2D eigenvalue weighted by atomic mass is 9.80. The maximum absolute atomic E-state index is 13.2. The monoisotopic (exact) mass is 394 g/mol. The summed E-state index contributed by atoms with van der Waals surface area (Å²) in [7, 11) is -2.35. The van der Waals surface area contributed by atoms with Crippen molar-refractivity contribution in [3.63, 3.8) is 0 Å². The number of piperazine rings is 1. The van der Waals surface area contributed by atoms with Crippen molar-refractivity contribution in [2.45, 2.75) is 63.8 Å². The zero-order valence-corrected chi connectivity index (χ0v) is 16.7. The van der Waals surface area contributed by atoms with Gasteiger partial charge in [-0.25, -0.2) is 0 Å². The van der Waals surface area contributed by atoms with Crippen LogP contribution in [0.1, 0.15) is 50.3 Å². The molecule has 148 valence electrons. The predicted octanol–water partition coefficient (Wildman–Crippen LogP) is 2.03. The molecule has 3 aliphatic rings. The van der Waals surface area contributed by atoms with Gasteiger partial charge >= 0.3 is 10.3 Å². The minimum atomic E-state index is -3.98. The molecule has 1 aromatic carbocycles. The van der Waals surface area contributed by atoms with Crippen molar-refractivity contribution in [3.8, 4) is 5.75 Å². The Bertz CT molecular complexity index is 854. The SMILES string of the molecule is COc1ccc2c(c1)CCN1C(=O)C3CCCC(C21)N3S(=O)(=O)OC(C)C. The summed E-state index contributed by atoms with van der Waals surface area (Å²) in [6, 6.07) is 4.64. The van der Waals surface area contributed by atoms with Crippen molar-refractivity contribution < 1.29 is 22.1 Å². The number of carbonyl (C=O) groups excluding carboxylic acids is 1. The van der Waals surface area contributed by atoms with Crippen molar-refractivity contribution >= 4 is 16.2 Å². The number of carbonyl (C=O) groups is 1. The number of fused-ring (bicyclic) bond motifs is 6. The summed E-state index contributed by atoms with van der Waals surface area (Å²) in [6.45, 7) is 3.98. The Kier molecular flexibility index (Phi) is 4.68. The number of hydrogen-bond acceptors (Lipinski definition) is 5. The summed E-state index contributed by atoms with van der Waals surface area (Å²) in [6.07, 6.45) is 2.40. The van der Waals surface area contributed by atoms with Gasteiger partial charge in [-0.1, -0.05) is 6.07 Å². The molecule has 1 aromatic rings. The molecule has 3 atom stereocenters. The van der Waals surface area contributed by atoms with Crippen molar-refractivity contribution in [2.75, 3.05) is 13.7 Å². The molecule has 0 aromatic heterocycles. The maximum Gasteiger partial charge on any atom is 0.339 e. The van der Waals surface area contributed by atoms with Gasteiger partial charge in [0.05, 0.1) is 25.3 Å². The minimum Gasteiger partial charge on any atom is -0.497 e. The Balaban J connectivity index is 1.79. The molecule has 2 saturated heterocycles. The molecule has 1 amide bonds. The third-order valence-electron chi connectivity index (χ3n) is 5.74. The average molecular weight is 394 g/mol. The summed E-state index contributed by atoms with van der Waals surface area (Å²) in [5.74, 6) is 0.673. The first-order valence-corrected chi connectivity index (χ1v) is 10.9. The lowest BCUT2D eigenvalue weighted by Gasteiger charge is -2.54. The molecule has 27 heavy (non-hydrogen) atoms. The second-order valence-electron chi connectivity index (χ2n) is 7.74.